The number of para-hydroxylation sites is 1. The second-order valence-corrected chi connectivity index (χ2v) is 8.50. The van der Waals surface area contributed by atoms with Gasteiger partial charge in [-0.25, -0.2) is 9.37 Å². The van der Waals surface area contributed by atoms with Crippen LogP contribution in [-0.4, -0.2) is 32.7 Å². The maximum Gasteiger partial charge on any atom is 0.257 e. The molecule has 30 heavy (non-hydrogen) atoms. The third-order valence-corrected chi connectivity index (χ3v) is 4.90. The first-order valence-electron chi connectivity index (χ1n) is 9.24. The highest BCUT2D eigenvalue weighted by Crippen LogP contribution is 2.22. The van der Waals surface area contributed by atoms with Gasteiger partial charge in [-0.3, -0.25) is 14.7 Å². The minimum absolute atomic E-state index is 0.0926. The average Bonchev–Trinajstić information content (AvgIpc) is 3.18. The number of nitrogens with one attached hydrogen (secondary N) is 3. The third kappa shape index (κ3) is 5.66. The van der Waals surface area contributed by atoms with E-state index in [0.717, 1.165) is 5.82 Å². The third-order valence-electron chi connectivity index (χ3n) is 4.06. The molecule has 2 amide bonds. The number of aromatic amines is 1. The fourth-order valence-corrected chi connectivity index (χ4v) is 3.08. The second-order valence-electron chi connectivity index (χ2n) is 7.56. The highest BCUT2D eigenvalue weighted by Gasteiger charge is 2.19. The first kappa shape index (κ1) is 21.5. The van der Waals surface area contributed by atoms with Crippen molar-refractivity contribution in [1.29, 1.82) is 0 Å². The second kappa shape index (κ2) is 9.08. The fourth-order valence-electron chi connectivity index (χ4n) is 2.48. The van der Waals surface area contributed by atoms with E-state index in [2.05, 4.69) is 25.8 Å². The van der Waals surface area contributed by atoms with Gasteiger partial charge in [-0.15, -0.1) is 5.10 Å². The Morgan fingerprint density at radius 3 is 2.43 bits per heavy atom. The van der Waals surface area contributed by atoms with Gasteiger partial charge in [0.05, 0.1) is 17.0 Å². The van der Waals surface area contributed by atoms with Crippen molar-refractivity contribution in [1.82, 2.24) is 15.2 Å². The van der Waals surface area contributed by atoms with Gasteiger partial charge in [0, 0.05) is 11.1 Å². The van der Waals surface area contributed by atoms with Crippen LogP contribution in [0.1, 0.15) is 37.0 Å². The zero-order valence-electron chi connectivity index (χ0n) is 16.8. The molecule has 3 rings (SSSR count). The van der Waals surface area contributed by atoms with E-state index in [4.69, 9.17) is 0 Å². The number of aromatic nitrogens is 3. The van der Waals surface area contributed by atoms with Gasteiger partial charge in [0.2, 0.25) is 11.1 Å². The summed E-state index contributed by atoms with van der Waals surface area (Å²) < 4.78 is 13.0. The Labute approximate surface area is 177 Å². The van der Waals surface area contributed by atoms with Crippen LogP contribution in [-0.2, 0) is 10.2 Å². The summed E-state index contributed by atoms with van der Waals surface area (Å²) in [6.07, 6.45) is 0. The van der Waals surface area contributed by atoms with E-state index in [-0.39, 0.29) is 22.9 Å². The van der Waals surface area contributed by atoms with Gasteiger partial charge < -0.3 is 10.6 Å². The molecule has 0 aliphatic carbocycles. The molecule has 1 heterocycles. The average molecular weight is 428 g/mol. The zero-order valence-corrected chi connectivity index (χ0v) is 17.6. The van der Waals surface area contributed by atoms with Crippen LogP contribution in [0.2, 0.25) is 0 Å². The van der Waals surface area contributed by atoms with Crippen LogP contribution in [0.4, 0.5) is 15.8 Å². The van der Waals surface area contributed by atoms with Gasteiger partial charge in [-0.05, 0) is 36.4 Å². The molecule has 3 aromatic rings. The molecule has 0 radical (unpaired) electrons. The van der Waals surface area contributed by atoms with Crippen molar-refractivity contribution in [3.63, 3.8) is 0 Å². The van der Waals surface area contributed by atoms with Crippen LogP contribution < -0.4 is 10.6 Å². The number of halogens is 1. The Morgan fingerprint density at radius 2 is 1.77 bits per heavy atom. The molecule has 0 fully saturated rings. The summed E-state index contributed by atoms with van der Waals surface area (Å²) in [7, 11) is 0. The van der Waals surface area contributed by atoms with Crippen LogP contribution in [0.25, 0.3) is 0 Å². The molecule has 0 bridgehead atoms. The van der Waals surface area contributed by atoms with Crippen LogP contribution >= 0.6 is 11.8 Å². The summed E-state index contributed by atoms with van der Waals surface area (Å²) in [5, 5.41) is 12.9. The molecule has 0 aliphatic heterocycles. The maximum atomic E-state index is 13.0. The zero-order chi connectivity index (χ0) is 21.7. The van der Waals surface area contributed by atoms with E-state index in [1.807, 2.05) is 20.8 Å². The van der Waals surface area contributed by atoms with Crippen molar-refractivity contribution in [3.8, 4) is 0 Å². The Balaban J connectivity index is 1.62. The summed E-state index contributed by atoms with van der Waals surface area (Å²) in [5.74, 6) is -0.250. The lowest BCUT2D eigenvalue weighted by Crippen LogP contribution is -2.19. The van der Waals surface area contributed by atoms with Gasteiger partial charge in [-0.2, -0.15) is 0 Å². The lowest BCUT2D eigenvalue weighted by atomic mass is 9.96. The molecule has 3 N–H and O–H groups in total. The van der Waals surface area contributed by atoms with E-state index in [1.165, 1.54) is 36.0 Å². The molecule has 0 aliphatic rings. The predicted molar refractivity (Wildman–Crippen MR) is 115 cm³/mol. The Kier molecular flexibility index (Phi) is 6.51. The SMILES string of the molecule is CC(C)(C)c1nc(SCC(=O)Nc2ccccc2C(=O)Nc2ccc(F)cc2)n[nH]1. The number of carbonyl (C=O) groups is 2. The van der Waals surface area contributed by atoms with Crippen LogP contribution in [0, 0.1) is 5.82 Å². The van der Waals surface area contributed by atoms with Gasteiger partial charge in [-0.1, -0.05) is 44.7 Å². The summed E-state index contributed by atoms with van der Waals surface area (Å²) >= 11 is 1.20. The largest absolute Gasteiger partial charge is 0.325 e. The Hall–Kier alpha value is -3.20. The van der Waals surface area contributed by atoms with Crippen LogP contribution in [0.3, 0.4) is 0 Å². The minimum Gasteiger partial charge on any atom is -0.325 e. The Bertz CT molecular complexity index is 1040. The predicted octanol–water partition coefficient (Wildman–Crippen LogP) is 4.22. The fraction of sp³-hybridized carbons (Fsp3) is 0.238. The minimum atomic E-state index is -0.408. The molecule has 0 saturated carbocycles. The number of carbonyl (C=O) groups excluding carboxylic acids is 2. The molecular formula is C21H22FN5O2S. The maximum absolute atomic E-state index is 13.0. The summed E-state index contributed by atoms with van der Waals surface area (Å²) in [5.41, 5.74) is 0.976. The van der Waals surface area contributed by atoms with Crippen molar-refractivity contribution >= 4 is 35.0 Å². The van der Waals surface area contributed by atoms with Crippen molar-refractivity contribution in [2.45, 2.75) is 31.3 Å². The number of thioether (sulfide) groups is 1. The molecule has 7 nitrogen and oxygen atoms in total. The molecule has 9 heteroatoms. The Morgan fingerprint density at radius 1 is 1.07 bits per heavy atom. The number of hydrogen-bond donors (Lipinski definition) is 3. The molecule has 1 aromatic heterocycles. The number of anilines is 2. The van der Waals surface area contributed by atoms with Crippen LogP contribution in [0.15, 0.2) is 53.7 Å². The highest BCUT2D eigenvalue weighted by atomic mass is 32.2. The molecule has 0 spiro atoms. The summed E-state index contributed by atoms with van der Waals surface area (Å²) in [4.78, 5) is 29.4. The van der Waals surface area contributed by atoms with Gasteiger partial charge in [0.25, 0.3) is 5.91 Å². The lowest BCUT2D eigenvalue weighted by Gasteiger charge is -2.12. The van der Waals surface area contributed by atoms with Gasteiger partial charge in [0.15, 0.2) is 0 Å². The van der Waals surface area contributed by atoms with Crippen molar-refractivity contribution in [2.75, 3.05) is 16.4 Å². The van der Waals surface area contributed by atoms with E-state index in [1.54, 1.807) is 24.3 Å². The van der Waals surface area contributed by atoms with Crippen molar-refractivity contribution in [2.24, 2.45) is 0 Å². The number of benzene rings is 2. The first-order valence-corrected chi connectivity index (χ1v) is 10.2. The molecular weight excluding hydrogens is 405 g/mol. The number of hydrogen-bond acceptors (Lipinski definition) is 5. The van der Waals surface area contributed by atoms with Gasteiger partial charge in [0.1, 0.15) is 11.6 Å². The number of amides is 2. The quantitative estimate of drug-likeness (QED) is 0.512. The molecule has 2 aromatic carbocycles. The standard InChI is InChI=1S/C21H22FN5O2S/c1-21(2,3)19-25-20(27-26-19)30-12-17(28)24-16-7-5-4-6-15(16)18(29)23-14-10-8-13(22)9-11-14/h4-11H,12H2,1-3H3,(H,23,29)(H,24,28)(H,25,26,27). The van der Waals surface area contributed by atoms with E-state index < -0.39 is 5.91 Å². The monoisotopic (exact) mass is 427 g/mol. The number of rotatable bonds is 6. The van der Waals surface area contributed by atoms with Crippen molar-refractivity contribution in [3.05, 3.63) is 65.7 Å². The van der Waals surface area contributed by atoms with Crippen LogP contribution in [0.5, 0.6) is 0 Å². The number of H-pyrrole nitrogens is 1. The van der Waals surface area contributed by atoms with Gasteiger partial charge >= 0.3 is 0 Å². The lowest BCUT2D eigenvalue weighted by molar-refractivity contribution is -0.113. The molecule has 0 saturated heterocycles. The summed E-state index contributed by atoms with van der Waals surface area (Å²) in [6.45, 7) is 6.05. The molecule has 0 unspecified atom stereocenters. The number of nitrogens with zero attached hydrogens (tertiary/aromatic N) is 2. The summed E-state index contributed by atoms with van der Waals surface area (Å²) in [6, 6.07) is 12.1. The van der Waals surface area contributed by atoms with E-state index in [9.17, 15) is 14.0 Å². The highest BCUT2D eigenvalue weighted by molar-refractivity contribution is 7.99. The topological polar surface area (TPSA) is 99.8 Å². The normalized spacial score (nSPS) is 11.2. The first-order chi connectivity index (χ1) is 14.2. The van der Waals surface area contributed by atoms with E-state index >= 15 is 0 Å². The van der Waals surface area contributed by atoms with E-state index in [0.29, 0.717) is 22.1 Å². The smallest absolute Gasteiger partial charge is 0.257 e. The van der Waals surface area contributed by atoms with Crippen molar-refractivity contribution < 1.29 is 14.0 Å². The molecule has 0 atom stereocenters. The molecule has 156 valence electrons.